The second-order valence-electron chi connectivity index (χ2n) is 7.01. The normalized spacial score (nSPS) is 10.8. The number of pyridine rings is 1. The van der Waals surface area contributed by atoms with Crippen LogP contribution >= 0.6 is 0 Å². The van der Waals surface area contributed by atoms with Crippen molar-refractivity contribution in [3.63, 3.8) is 0 Å². The molecule has 2 N–H and O–H groups in total. The predicted molar refractivity (Wildman–Crippen MR) is 115 cm³/mol. The van der Waals surface area contributed by atoms with Crippen LogP contribution in [0.2, 0.25) is 0 Å². The lowest BCUT2D eigenvalue weighted by Gasteiger charge is -2.09. The summed E-state index contributed by atoms with van der Waals surface area (Å²) in [5.41, 5.74) is 4.67. The molecule has 3 heterocycles. The van der Waals surface area contributed by atoms with Gasteiger partial charge in [0.15, 0.2) is 5.82 Å². The number of aliphatic hydroxyl groups excluding tert-OH is 1. The number of hydrogen-bond donors (Lipinski definition) is 2. The standard InChI is InChI=1S/C23H22N6O/c1-15-6-7-17(12-18(15)14-30)13-22-24-10-8-20(28-22)27-21-9-11-25-23(29-21)19-5-3-4-16(2)26-19/h3-12,30H,13-14H2,1-2H3,(H,24,25,27,28,29). The molecule has 0 aliphatic heterocycles. The maximum absolute atomic E-state index is 9.48. The number of rotatable bonds is 6. The van der Waals surface area contributed by atoms with Gasteiger partial charge in [0.2, 0.25) is 0 Å². The van der Waals surface area contributed by atoms with Crippen molar-refractivity contribution >= 4 is 11.6 Å². The summed E-state index contributed by atoms with van der Waals surface area (Å²) in [6.45, 7) is 3.94. The smallest absolute Gasteiger partial charge is 0.180 e. The summed E-state index contributed by atoms with van der Waals surface area (Å²) in [7, 11) is 0. The minimum Gasteiger partial charge on any atom is -0.392 e. The maximum atomic E-state index is 9.48. The number of aromatic nitrogens is 5. The molecule has 0 unspecified atom stereocenters. The summed E-state index contributed by atoms with van der Waals surface area (Å²) in [6, 6.07) is 15.4. The van der Waals surface area contributed by atoms with Crippen LogP contribution in [0.3, 0.4) is 0 Å². The number of nitrogens with one attached hydrogen (secondary N) is 1. The van der Waals surface area contributed by atoms with Gasteiger partial charge in [0.1, 0.15) is 23.2 Å². The molecule has 0 aliphatic rings. The highest BCUT2D eigenvalue weighted by Gasteiger charge is 2.07. The Morgan fingerprint density at radius 1 is 0.867 bits per heavy atom. The fourth-order valence-electron chi connectivity index (χ4n) is 3.09. The van der Waals surface area contributed by atoms with E-state index >= 15 is 0 Å². The van der Waals surface area contributed by atoms with E-state index in [1.54, 1.807) is 24.5 Å². The van der Waals surface area contributed by atoms with Crippen LogP contribution in [-0.4, -0.2) is 30.0 Å². The zero-order valence-corrected chi connectivity index (χ0v) is 16.9. The lowest BCUT2D eigenvalue weighted by Crippen LogP contribution is -2.03. The van der Waals surface area contributed by atoms with Gasteiger partial charge in [0.25, 0.3) is 0 Å². The Morgan fingerprint density at radius 2 is 1.67 bits per heavy atom. The first-order valence-corrected chi connectivity index (χ1v) is 9.66. The minimum absolute atomic E-state index is 0.0218. The van der Waals surface area contributed by atoms with Crippen molar-refractivity contribution in [1.29, 1.82) is 0 Å². The highest BCUT2D eigenvalue weighted by molar-refractivity contribution is 5.56. The van der Waals surface area contributed by atoms with Crippen molar-refractivity contribution in [3.8, 4) is 11.5 Å². The molecule has 30 heavy (non-hydrogen) atoms. The first-order valence-electron chi connectivity index (χ1n) is 9.66. The Balaban J connectivity index is 1.53. The monoisotopic (exact) mass is 398 g/mol. The summed E-state index contributed by atoms with van der Waals surface area (Å²) in [4.78, 5) is 22.3. The molecule has 0 saturated heterocycles. The number of aryl methyl sites for hydroxylation is 2. The van der Waals surface area contributed by atoms with Gasteiger partial charge in [-0.2, -0.15) is 0 Å². The van der Waals surface area contributed by atoms with Gasteiger partial charge in [-0.25, -0.2) is 24.9 Å². The van der Waals surface area contributed by atoms with Crippen molar-refractivity contribution in [2.45, 2.75) is 26.9 Å². The summed E-state index contributed by atoms with van der Waals surface area (Å²) < 4.78 is 0. The average molecular weight is 398 g/mol. The molecule has 4 rings (SSSR count). The second kappa shape index (κ2) is 8.75. The van der Waals surface area contributed by atoms with Crippen LogP contribution in [0, 0.1) is 13.8 Å². The Morgan fingerprint density at radius 3 is 2.47 bits per heavy atom. The van der Waals surface area contributed by atoms with E-state index in [-0.39, 0.29) is 6.61 Å². The molecule has 0 spiro atoms. The number of hydrogen-bond acceptors (Lipinski definition) is 7. The van der Waals surface area contributed by atoms with Crippen molar-refractivity contribution in [3.05, 3.63) is 89.1 Å². The van der Waals surface area contributed by atoms with E-state index in [1.165, 1.54) is 0 Å². The molecule has 0 amide bonds. The third kappa shape index (κ3) is 4.64. The highest BCUT2D eigenvalue weighted by Crippen LogP contribution is 2.18. The van der Waals surface area contributed by atoms with Gasteiger partial charge in [-0.05, 0) is 54.8 Å². The minimum atomic E-state index is 0.0218. The third-order valence-electron chi connectivity index (χ3n) is 4.68. The predicted octanol–water partition coefficient (Wildman–Crippen LogP) is 3.77. The van der Waals surface area contributed by atoms with E-state index in [0.29, 0.717) is 29.7 Å². The van der Waals surface area contributed by atoms with E-state index in [0.717, 1.165) is 28.1 Å². The largest absolute Gasteiger partial charge is 0.392 e. The van der Waals surface area contributed by atoms with Gasteiger partial charge in [-0.1, -0.05) is 24.3 Å². The molecular formula is C23H22N6O. The Kier molecular flexibility index (Phi) is 5.72. The summed E-state index contributed by atoms with van der Waals surface area (Å²) in [6.07, 6.45) is 3.99. The van der Waals surface area contributed by atoms with E-state index in [2.05, 4.69) is 30.2 Å². The molecule has 0 fully saturated rings. The van der Waals surface area contributed by atoms with Crippen LogP contribution in [0.1, 0.15) is 28.2 Å². The van der Waals surface area contributed by atoms with Crippen LogP contribution < -0.4 is 5.32 Å². The topological polar surface area (TPSA) is 96.7 Å². The van der Waals surface area contributed by atoms with E-state index in [9.17, 15) is 5.11 Å². The second-order valence-corrected chi connectivity index (χ2v) is 7.01. The number of anilines is 2. The molecule has 150 valence electrons. The number of benzene rings is 1. The lowest BCUT2D eigenvalue weighted by atomic mass is 10.0. The van der Waals surface area contributed by atoms with Crippen molar-refractivity contribution in [2.24, 2.45) is 0 Å². The maximum Gasteiger partial charge on any atom is 0.180 e. The average Bonchev–Trinajstić information content (AvgIpc) is 2.75. The van der Waals surface area contributed by atoms with Crippen LogP contribution in [0.15, 0.2) is 60.9 Å². The molecule has 7 nitrogen and oxygen atoms in total. The van der Waals surface area contributed by atoms with Gasteiger partial charge in [-0.3, -0.25) is 0 Å². The number of aliphatic hydroxyl groups is 1. The van der Waals surface area contributed by atoms with Gasteiger partial charge in [0.05, 0.1) is 6.61 Å². The molecule has 7 heteroatoms. The molecule has 0 atom stereocenters. The SMILES string of the molecule is Cc1cccc(-c2nccc(Nc3ccnc(Cc4ccc(C)c(CO)c4)n3)n2)n1. The van der Waals surface area contributed by atoms with E-state index in [4.69, 9.17) is 0 Å². The molecule has 1 aromatic carbocycles. The molecule has 0 bridgehead atoms. The Bertz CT molecular complexity index is 1180. The van der Waals surface area contributed by atoms with Gasteiger partial charge < -0.3 is 10.4 Å². The first kappa shape index (κ1) is 19.6. The van der Waals surface area contributed by atoms with Gasteiger partial charge in [-0.15, -0.1) is 0 Å². The van der Waals surface area contributed by atoms with Crippen LogP contribution in [0.5, 0.6) is 0 Å². The van der Waals surface area contributed by atoms with Crippen molar-refractivity contribution < 1.29 is 5.11 Å². The summed E-state index contributed by atoms with van der Waals surface area (Å²) in [5, 5.41) is 12.7. The molecule has 0 aliphatic carbocycles. The van der Waals surface area contributed by atoms with Gasteiger partial charge >= 0.3 is 0 Å². The molecular weight excluding hydrogens is 376 g/mol. The quantitative estimate of drug-likeness (QED) is 0.510. The van der Waals surface area contributed by atoms with Crippen molar-refractivity contribution in [1.82, 2.24) is 24.9 Å². The highest BCUT2D eigenvalue weighted by atomic mass is 16.3. The van der Waals surface area contributed by atoms with Crippen molar-refractivity contribution in [2.75, 3.05) is 5.32 Å². The van der Waals surface area contributed by atoms with E-state index < -0.39 is 0 Å². The first-order chi connectivity index (χ1) is 14.6. The molecule has 4 aromatic rings. The zero-order valence-electron chi connectivity index (χ0n) is 16.9. The molecule has 3 aromatic heterocycles. The fourth-order valence-corrected chi connectivity index (χ4v) is 3.09. The molecule has 0 radical (unpaired) electrons. The Labute approximate surface area is 175 Å². The van der Waals surface area contributed by atoms with E-state index in [1.807, 2.05) is 50.2 Å². The van der Waals surface area contributed by atoms with Crippen LogP contribution in [0.4, 0.5) is 11.6 Å². The van der Waals surface area contributed by atoms with Crippen LogP contribution in [0.25, 0.3) is 11.5 Å². The Hall–Kier alpha value is -3.71. The lowest BCUT2D eigenvalue weighted by molar-refractivity contribution is 0.281. The zero-order chi connectivity index (χ0) is 20.9. The fraction of sp³-hybridized carbons (Fsp3) is 0.174. The molecule has 0 saturated carbocycles. The van der Waals surface area contributed by atoms with Crippen LogP contribution in [-0.2, 0) is 13.0 Å². The summed E-state index contributed by atoms with van der Waals surface area (Å²) >= 11 is 0. The summed E-state index contributed by atoms with van der Waals surface area (Å²) in [5.74, 6) is 2.51. The number of nitrogens with zero attached hydrogens (tertiary/aromatic N) is 5. The van der Waals surface area contributed by atoms with Gasteiger partial charge in [0, 0.05) is 24.5 Å². The third-order valence-corrected chi connectivity index (χ3v) is 4.68.